The van der Waals surface area contributed by atoms with E-state index in [1.807, 2.05) is 33.8 Å². The van der Waals surface area contributed by atoms with Gasteiger partial charge in [0.15, 0.2) is 28.2 Å². The van der Waals surface area contributed by atoms with Crippen LogP contribution in [-0.2, 0) is 23.1 Å². The minimum absolute atomic E-state index is 0.0317. The third kappa shape index (κ3) is 9.88. The Kier molecular flexibility index (Phi) is 12.1. The van der Waals surface area contributed by atoms with Crippen LogP contribution in [0, 0.1) is 17.8 Å². The standard InChI is InChI=1S/C32H64O5Si2/c1-18-27-32(13,37-31(11,12)35-27)20-19-26(33)23(2)21-24(3)28(36-39(16,17)30(8,9)10)25(4)22-34-38(14,15)29(5,6)7/h19-20,23-25,27-28H,18,21-22H2,1-17H3/b20-19+/t23-,24+,25+,27-,28+,32+/m1/s1. The molecular formula is C32H64O5Si2. The molecule has 1 aliphatic heterocycles. The zero-order valence-corrected chi connectivity index (χ0v) is 30.7. The van der Waals surface area contributed by atoms with E-state index in [0.29, 0.717) is 6.61 Å². The average molecular weight is 585 g/mol. The van der Waals surface area contributed by atoms with E-state index in [0.717, 1.165) is 12.8 Å². The van der Waals surface area contributed by atoms with Gasteiger partial charge in [0.25, 0.3) is 0 Å². The minimum Gasteiger partial charge on any atom is -0.416 e. The molecule has 0 aliphatic carbocycles. The van der Waals surface area contributed by atoms with Crippen molar-refractivity contribution in [3.05, 3.63) is 12.2 Å². The van der Waals surface area contributed by atoms with Crippen molar-refractivity contribution in [3.8, 4) is 0 Å². The maximum atomic E-state index is 13.3. The fourth-order valence-corrected chi connectivity index (χ4v) is 7.50. The Morgan fingerprint density at radius 3 is 1.90 bits per heavy atom. The molecule has 0 saturated carbocycles. The van der Waals surface area contributed by atoms with E-state index in [1.165, 1.54) is 0 Å². The van der Waals surface area contributed by atoms with Gasteiger partial charge in [-0.1, -0.05) is 69.2 Å². The fourth-order valence-electron chi connectivity index (χ4n) is 4.89. The van der Waals surface area contributed by atoms with Crippen molar-refractivity contribution < 1.29 is 23.1 Å². The van der Waals surface area contributed by atoms with Crippen LogP contribution in [-0.4, -0.2) is 52.6 Å². The summed E-state index contributed by atoms with van der Waals surface area (Å²) < 4.78 is 26.0. The van der Waals surface area contributed by atoms with Crippen LogP contribution in [0.2, 0.25) is 36.3 Å². The minimum atomic E-state index is -2.03. The quantitative estimate of drug-likeness (QED) is 0.160. The number of hydrogen-bond acceptors (Lipinski definition) is 5. The molecule has 0 amide bonds. The first-order chi connectivity index (χ1) is 17.3. The third-order valence-electron chi connectivity index (χ3n) is 9.56. The van der Waals surface area contributed by atoms with Crippen LogP contribution in [0.4, 0.5) is 0 Å². The zero-order valence-electron chi connectivity index (χ0n) is 28.7. The van der Waals surface area contributed by atoms with Crippen molar-refractivity contribution in [2.24, 2.45) is 17.8 Å². The van der Waals surface area contributed by atoms with Gasteiger partial charge >= 0.3 is 0 Å². The van der Waals surface area contributed by atoms with Crippen LogP contribution < -0.4 is 0 Å². The molecule has 1 fully saturated rings. The van der Waals surface area contributed by atoms with Crippen LogP contribution in [0.5, 0.6) is 0 Å². The molecule has 5 nitrogen and oxygen atoms in total. The van der Waals surface area contributed by atoms with E-state index >= 15 is 0 Å². The van der Waals surface area contributed by atoms with Gasteiger partial charge in [0.2, 0.25) is 0 Å². The molecule has 1 aliphatic rings. The maximum absolute atomic E-state index is 13.3. The first kappa shape index (κ1) is 36.7. The second-order valence-corrected chi connectivity index (χ2v) is 25.5. The number of hydrogen-bond donors (Lipinski definition) is 0. The fraction of sp³-hybridized carbons (Fsp3) is 0.906. The Labute approximate surface area is 244 Å². The first-order valence-corrected chi connectivity index (χ1v) is 21.0. The molecule has 0 N–H and O–H groups in total. The van der Waals surface area contributed by atoms with Gasteiger partial charge in [0, 0.05) is 18.4 Å². The van der Waals surface area contributed by atoms with Gasteiger partial charge in [-0.15, -0.1) is 0 Å². The summed E-state index contributed by atoms with van der Waals surface area (Å²) in [6.45, 7) is 38.2. The van der Waals surface area contributed by atoms with E-state index in [4.69, 9.17) is 18.3 Å². The molecule has 0 bridgehead atoms. The highest BCUT2D eigenvalue weighted by molar-refractivity contribution is 6.74. The predicted molar refractivity (Wildman–Crippen MR) is 170 cm³/mol. The molecule has 0 aromatic heterocycles. The smallest absolute Gasteiger partial charge is 0.192 e. The second-order valence-electron chi connectivity index (χ2n) is 15.9. The van der Waals surface area contributed by atoms with E-state index < -0.39 is 28.0 Å². The summed E-state index contributed by atoms with van der Waals surface area (Å²) in [6, 6.07) is 0. The number of ketones is 1. The molecule has 0 aromatic carbocycles. The maximum Gasteiger partial charge on any atom is 0.192 e. The number of rotatable bonds is 13. The highest BCUT2D eigenvalue weighted by atomic mass is 28.4. The number of carbonyl (C=O) groups is 1. The van der Waals surface area contributed by atoms with Crippen molar-refractivity contribution in [2.75, 3.05) is 6.61 Å². The molecule has 1 saturated heterocycles. The van der Waals surface area contributed by atoms with Gasteiger partial charge in [0.05, 0.1) is 12.2 Å². The van der Waals surface area contributed by atoms with Crippen LogP contribution >= 0.6 is 0 Å². The summed E-state index contributed by atoms with van der Waals surface area (Å²) in [6.07, 6.45) is 5.19. The summed E-state index contributed by atoms with van der Waals surface area (Å²) in [5.74, 6) is -0.193. The first-order valence-electron chi connectivity index (χ1n) is 15.2. The summed E-state index contributed by atoms with van der Waals surface area (Å²) in [4.78, 5) is 13.3. The van der Waals surface area contributed by atoms with E-state index in [1.54, 1.807) is 6.08 Å². The van der Waals surface area contributed by atoms with Crippen molar-refractivity contribution in [3.63, 3.8) is 0 Å². The SMILES string of the molecule is CC[C@H]1OC(C)(C)O[C@@]1(C)/C=C/C(=O)[C@H](C)C[C@H](C)[C@H](O[Si](C)(C)C(C)(C)C)[C@@H](C)CO[Si](C)(C)C(C)(C)C. The topological polar surface area (TPSA) is 54.0 Å². The predicted octanol–water partition coefficient (Wildman–Crippen LogP) is 9.14. The summed E-state index contributed by atoms with van der Waals surface area (Å²) in [7, 11) is -3.90. The van der Waals surface area contributed by atoms with Gasteiger partial charge in [-0.3, -0.25) is 4.79 Å². The largest absolute Gasteiger partial charge is 0.416 e. The molecule has 0 aromatic rings. The molecular weight excluding hydrogens is 521 g/mol. The lowest BCUT2D eigenvalue weighted by Crippen LogP contribution is -2.49. The number of carbonyl (C=O) groups excluding carboxylic acids is 1. The summed E-state index contributed by atoms with van der Waals surface area (Å²) in [5, 5.41) is 0.273. The molecule has 39 heavy (non-hydrogen) atoms. The molecule has 1 heterocycles. The molecule has 6 atom stereocenters. The van der Waals surface area contributed by atoms with E-state index in [-0.39, 0.29) is 45.8 Å². The number of ether oxygens (including phenoxy) is 2. The molecule has 0 spiro atoms. The van der Waals surface area contributed by atoms with Gasteiger partial charge in [-0.2, -0.15) is 0 Å². The number of allylic oxidation sites excluding steroid dienone is 1. The molecule has 0 radical (unpaired) electrons. The Morgan fingerprint density at radius 2 is 1.44 bits per heavy atom. The van der Waals surface area contributed by atoms with Crippen LogP contribution in [0.1, 0.15) is 103 Å². The van der Waals surface area contributed by atoms with Crippen molar-refractivity contribution in [2.45, 2.75) is 163 Å². The monoisotopic (exact) mass is 584 g/mol. The average Bonchev–Trinajstić information content (AvgIpc) is 3.00. The van der Waals surface area contributed by atoms with Gasteiger partial charge < -0.3 is 18.3 Å². The molecule has 230 valence electrons. The normalized spacial score (nSPS) is 26.0. The van der Waals surface area contributed by atoms with Gasteiger partial charge in [-0.05, 0) is 87.9 Å². The van der Waals surface area contributed by atoms with Crippen molar-refractivity contribution in [1.82, 2.24) is 0 Å². The Hall–Kier alpha value is -0.316. The van der Waals surface area contributed by atoms with E-state index in [9.17, 15) is 4.79 Å². The lowest BCUT2D eigenvalue weighted by Gasteiger charge is -2.44. The van der Waals surface area contributed by atoms with Crippen molar-refractivity contribution >= 4 is 22.4 Å². The zero-order chi connectivity index (χ0) is 30.8. The second kappa shape index (κ2) is 12.9. The van der Waals surface area contributed by atoms with Crippen molar-refractivity contribution in [1.29, 1.82) is 0 Å². The third-order valence-corrected chi connectivity index (χ3v) is 18.5. The molecule has 0 unspecified atom stereocenters. The van der Waals surface area contributed by atoms with Crippen LogP contribution in [0.3, 0.4) is 0 Å². The molecule has 7 heteroatoms. The highest BCUT2D eigenvalue weighted by Crippen LogP contribution is 2.42. The molecule has 1 rings (SSSR count). The Balaban J connectivity index is 3.08. The van der Waals surface area contributed by atoms with Gasteiger partial charge in [0.1, 0.15) is 5.60 Å². The Morgan fingerprint density at radius 1 is 0.923 bits per heavy atom. The highest BCUT2D eigenvalue weighted by Gasteiger charge is 2.48. The Bertz CT molecular complexity index is 836. The lowest BCUT2D eigenvalue weighted by molar-refractivity contribution is -0.153. The van der Waals surface area contributed by atoms with Gasteiger partial charge in [-0.25, -0.2) is 0 Å². The van der Waals surface area contributed by atoms with Crippen LogP contribution in [0.25, 0.3) is 0 Å². The van der Waals surface area contributed by atoms with E-state index in [2.05, 4.69) is 88.5 Å². The lowest BCUT2D eigenvalue weighted by atomic mass is 9.85. The van der Waals surface area contributed by atoms with Crippen LogP contribution in [0.15, 0.2) is 12.2 Å². The summed E-state index contributed by atoms with van der Waals surface area (Å²) in [5.41, 5.74) is -0.608. The summed E-state index contributed by atoms with van der Waals surface area (Å²) >= 11 is 0.